The molecule has 9 nitrogen and oxygen atoms in total. The van der Waals surface area contributed by atoms with Gasteiger partial charge < -0.3 is 34.5 Å². The Kier molecular flexibility index (Phi) is 12.3. The second-order valence-corrected chi connectivity index (χ2v) is 15.4. The van der Waals surface area contributed by atoms with Crippen LogP contribution in [0.25, 0.3) is 0 Å². The third kappa shape index (κ3) is 8.37. The second-order valence-electron chi connectivity index (χ2n) is 15.4. The highest BCUT2D eigenvalue weighted by Crippen LogP contribution is 2.62. The highest BCUT2D eigenvalue weighted by atomic mass is 19.1. The van der Waals surface area contributed by atoms with Crippen molar-refractivity contribution in [1.29, 1.82) is 0 Å². The van der Waals surface area contributed by atoms with Gasteiger partial charge in [-0.25, -0.2) is 4.39 Å². The first-order valence-electron chi connectivity index (χ1n) is 19.8. The van der Waals surface area contributed by atoms with Crippen molar-refractivity contribution in [2.45, 2.75) is 88.7 Å². The Morgan fingerprint density at radius 2 is 1.73 bits per heavy atom. The third-order valence-corrected chi connectivity index (χ3v) is 11.8. The molecule has 0 bridgehead atoms. The van der Waals surface area contributed by atoms with E-state index in [0.717, 1.165) is 60.8 Å². The second kappa shape index (κ2) is 17.5. The molecule has 3 aromatic rings. The Bertz CT molecular complexity index is 1850. The zero-order valence-corrected chi connectivity index (χ0v) is 31.4. The van der Waals surface area contributed by atoms with Crippen LogP contribution in [0.5, 0.6) is 11.5 Å². The molecule has 10 heteroatoms. The monoisotopic (exact) mass is 752 g/mol. The van der Waals surface area contributed by atoms with Gasteiger partial charge in [0.15, 0.2) is 0 Å². The van der Waals surface area contributed by atoms with Crippen molar-refractivity contribution in [3.05, 3.63) is 120 Å². The normalized spacial score (nSPS) is 26.0. The minimum Gasteiger partial charge on any atom is -0.508 e. The van der Waals surface area contributed by atoms with Crippen molar-refractivity contribution in [3.8, 4) is 11.5 Å². The minimum absolute atomic E-state index is 0.0123. The number of aromatic hydroxyl groups is 1. The van der Waals surface area contributed by atoms with E-state index in [1.165, 1.54) is 12.1 Å². The van der Waals surface area contributed by atoms with E-state index < -0.39 is 17.7 Å². The summed E-state index contributed by atoms with van der Waals surface area (Å²) in [6.45, 7) is 4.80. The van der Waals surface area contributed by atoms with Gasteiger partial charge in [0.05, 0.1) is 18.2 Å². The Labute approximate surface area is 323 Å². The van der Waals surface area contributed by atoms with Gasteiger partial charge in [-0.05, 0) is 97.4 Å². The number of unbranched alkanes of at least 4 members (excludes halogenated alkanes) is 2. The van der Waals surface area contributed by atoms with Gasteiger partial charge >= 0.3 is 0 Å². The molecule has 6 unspecified atom stereocenters. The van der Waals surface area contributed by atoms with Gasteiger partial charge in [0.25, 0.3) is 0 Å². The topological polar surface area (TPSA) is 121 Å². The summed E-state index contributed by atoms with van der Waals surface area (Å²) >= 11 is 0. The van der Waals surface area contributed by atoms with Gasteiger partial charge in [0.2, 0.25) is 11.7 Å². The standard InChI is InChI=1S/C45H53FN2O7/c1-2-24-53-45-41(48(44(52)32-16-17-32)28-30-14-18-34(46)19-15-30)27-39(47-54-29-31-10-4-3-5-11-31)37-25-33(12-6-8-22-49)36(13-7-9-23-50)42(43(37)45)38-26-35(51)20-21-40(38)55-45/h2-5,10-11,14-15,18-21,25-26,32-33,36,41-43,49-51H,1,6-9,12-13,16-17,22-24,27-29H2. The maximum Gasteiger partial charge on any atom is 0.239 e. The first-order chi connectivity index (χ1) is 26.9. The van der Waals surface area contributed by atoms with Gasteiger partial charge in [-0.3, -0.25) is 4.79 Å². The third-order valence-electron chi connectivity index (χ3n) is 11.8. The molecule has 3 N–H and O–H groups in total. The lowest BCUT2D eigenvalue weighted by atomic mass is 9.55. The van der Waals surface area contributed by atoms with E-state index in [1.807, 2.05) is 35.2 Å². The molecule has 0 spiro atoms. The van der Waals surface area contributed by atoms with Crippen LogP contribution in [0.4, 0.5) is 4.39 Å². The van der Waals surface area contributed by atoms with Crippen LogP contribution >= 0.6 is 0 Å². The van der Waals surface area contributed by atoms with Crippen molar-refractivity contribution in [2.75, 3.05) is 19.8 Å². The number of carbonyl (C=O) groups is 1. The lowest BCUT2D eigenvalue weighted by Gasteiger charge is -2.60. The fourth-order valence-corrected chi connectivity index (χ4v) is 9.11. The predicted octanol–water partition coefficient (Wildman–Crippen LogP) is 7.80. The number of nitrogens with zero attached hydrogens (tertiary/aromatic N) is 2. The largest absolute Gasteiger partial charge is 0.508 e. The zero-order valence-electron chi connectivity index (χ0n) is 31.4. The van der Waals surface area contributed by atoms with E-state index in [9.17, 15) is 24.5 Å². The summed E-state index contributed by atoms with van der Waals surface area (Å²) in [7, 11) is 0. The summed E-state index contributed by atoms with van der Waals surface area (Å²) in [4.78, 5) is 22.6. The highest BCUT2D eigenvalue weighted by Gasteiger charge is 2.65. The number of phenols is 1. The molecule has 3 aromatic carbocycles. The number of fused-ring (bicyclic) bond motifs is 2. The molecule has 4 aliphatic rings. The van der Waals surface area contributed by atoms with E-state index in [0.29, 0.717) is 24.3 Å². The molecule has 2 saturated carbocycles. The first kappa shape index (κ1) is 38.8. The van der Waals surface area contributed by atoms with Gasteiger partial charge in [0.1, 0.15) is 30.0 Å². The lowest BCUT2D eigenvalue weighted by Crippen LogP contribution is -2.70. The minimum atomic E-state index is -1.40. The number of allylic oxidation sites excluding steroid dienone is 1. The molecular formula is C45H53FN2O7. The quantitative estimate of drug-likeness (QED) is 0.0689. The van der Waals surface area contributed by atoms with Crippen LogP contribution in [-0.2, 0) is 27.5 Å². The SMILES string of the molecule is C=CCOC12Oc3ccc(O)cc3C3C(CCCCO)C(CCCCO)C=C(C(=NOCc4ccccc4)CC1N(Cc1ccc(F)cc1)C(=O)C1CC1)C32. The van der Waals surface area contributed by atoms with E-state index in [4.69, 9.17) is 19.5 Å². The van der Waals surface area contributed by atoms with E-state index in [2.05, 4.69) is 12.7 Å². The molecule has 1 heterocycles. The average Bonchev–Trinajstić information content (AvgIpc) is 4.05. The molecule has 292 valence electrons. The van der Waals surface area contributed by atoms with Crippen LogP contribution < -0.4 is 4.74 Å². The zero-order chi connectivity index (χ0) is 38.4. The predicted molar refractivity (Wildman–Crippen MR) is 208 cm³/mol. The number of aliphatic hydroxyl groups is 2. The number of phenolic OH excluding ortho intramolecular Hbond substituents is 1. The molecule has 55 heavy (non-hydrogen) atoms. The molecule has 0 saturated heterocycles. The van der Waals surface area contributed by atoms with Crippen molar-refractivity contribution in [1.82, 2.24) is 4.90 Å². The number of hydrogen-bond donors (Lipinski definition) is 3. The van der Waals surface area contributed by atoms with Crippen LogP contribution in [-0.4, -0.2) is 63.5 Å². The highest BCUT2D eigenvalue weighted by molar-refractivity contribution is 6.03. The summed E-state index contributed by atoms with van der Waals surface area (Å²) < 4.78 is 28.4. The number of halogens is 1. The Morgan fingerprint density at radius 3 is 2.44 bits per heavy atom. The lowest BCUT2D eigenvalue weighted by molar-refractivity contribution is -0.258. The number of ether oxygens (including phenoxy) is 2. The number of carbonyl (C=O) groups excluding carboxylic acids is 1. The molecule has 7 rings (SSSR count). The summed E-state index contributed by atoms with van der Waals surface area (Å²) in [5, 5.41) is 35.5. The number of aliphatic hydroxyl groups excluding tert-OH is 2. The van der Waals surface area contributed by atoms with Crippen LogP contribution in [0.15, 0.2) is 102 Å². The van der Waals surface area contributed by atoms with Gasteiger partial charge in [-0.15, -0.1) is 6.58 Å². The van der Waals surface area contributed by atoms with E-state index >= 15 is 0 Å². The maximum atomic E-state index is 14.6. The fraction of sp³-hybridized carbons (Fsp3) is 0.467. The molecule has 1 amide bonds. The van der Waals surface area contributed by atoms with Crippen LogP contribution in [0, 0.1) is 29.5 Å². The Balaban J connectivity index is 1.43. The van der Waals surface area contributed by atoms with Crippen molar-refractivity contribution >= 4 is 11.6 Å². The summed E-state index contributed by atoms with van der Waals surface area (Å²) in [6.07, 6.45) is 10.4. The van der Waals surface area contributed by atoms with Crippen LogP contribution in [0.2, 0.25) is 0 Å². The van der Waals surface area contributed by atoms with Crippen LogP contribution in [0.1, 0.15) is 80.4 Å². The first-order valence-corrected chi connectivity index (χ1v) is 19.8. The number of oxime groups is 1. The van der Waals surface area contributed by atoms with Gasteiger partial charge in [0, 0.05) is 43.6 Å². The summed E-state index contributed by atoms with van der Waals surface area (Å²) in [6, 6.07) is 20.6. The summed E-state index contributed by atoms with van der Waals surface area (Å²) in [5.41, 5.74) is 4.24. The molecule has 0 radical (unpaired) electrons. The Hall–Kier alpha value is -4.51. The van der Waals surface area contributed by atoms with E-state index in [-0.39, 0.29) is 80.5 Å². The number of hydrogen-bond acceptors (Lipinski definition) is 8. The van der Waals surface area contributed by atoms with Crippen molar-refractivity contribution in [2.24, 2.45) is 28.8 Å². The van der Waals surface area contributed by atoms with E-state index in [1.54, 1.807) is 36.4 Å². The Morgan fingerprint density at radius 1 is 0.982 bits per heavy atom. The number of amides is 1. The smallest absolute Gasteiger partial charge is 0.239 e. The summed E-state index contributed by atoms with van der Waals surface area (Å²) in [5.74, 6) is -1.79. The average molecular weight is 753 g/mol. The molecular weight excluding hydrogens is 700 g/mol. The van der Waals surface area contributed by atoms with Gasteiger partial charge in [-0.2, -0.15) is 0 Å². The van der Waals surface area contributed by atoms with Crippen molar-refractivity contribution < 1.29 is 38.8 Å². The molecule has 1 aliphatic heterocycles. The van der Waals surface area contributed by atoms with Crippen molar-refractivity contribution in [3.63, 3.8) is 0 Å². The molecule has 3 aliphatic carbocycles. The molecule has 0 aromatic heterocycles. The van der Waals surface area contributed by atoms with Gasteiger partial charge in [-0.1, -0.05) is 72.6 Å². The maximum absolute atomic E-state index is 14.6. The fourth-order valence-electron chi connectivity index (χ4n) is 9.11. The number of rotatable bonds is 18. The molecule has 6 atom stereocenters. The molecule has 2 fully saturated rings. The number of benzene rings is 3. The van der Waals surface area contributed by atoms with Crippen LogP contribution in [0.3, 0.4) is 0 Å².